The van der Waals surface area contributed by atoms with Crippen molar-refractivity contribution in [3.8, 4) is 0 Å². The van der Waals surface area contributed by atoms with Gasteiger partial charge in [-0.3, -0.25) is 14.9 Å². The van der Waals surface area contributed by atoms with E-state index in [1.54, 1.807) is 24.3 Å². The van der Waals surface area contributed by atoms with Gasteiger partial charge in [-0.05, 0) is 30.3 Å². The highest BCUT2D eigenvalue weighted by atomic mass is 35.5. The molecule has 1 N–H and O–H groups in total. The van der Waals surface area contributed by atoms with Gasteiger partial charge in [0.15, 0.2) is 6.61 Å². The first-order chi connectivity index (χ1) is 11.0. The number of nitrogens with one attached hydrogen (secondary N) is 1. The Kier molecular flexibility index (Phi) is 5.27. The highest BCUT2D eigenvalue weighted by Crippen LogP contribution is 2.15. The van der Waals surface area contributed by atoms with E-state index in [0.29, 0.717) is 10.7 Å². The molecule has 0 aliphatic carbocycles. The van der Waals surface area contributed by atoms with Crippen LogP contribution in [0.5, 0.6) is 0 Å². The Labute approximate surface area is 136 Å². The third kappa shape index (κ3) is 4.79. The molecule has 0 spiro atoms. The number of amides is 1. The Bertz CT molecular complexity index is 746. The van der Waals surface area contributed by atoms with Crippen LogP contribution in [-0.2, 0) is 9.53 Å². The molecule has 2 aromatic carbocycles. The summed E-state index contributed by atoms with van der Waals surface area (Å²) in [7, 11) is 0. The fourth-order valence-corrected chi connectivity index (χ4v) is 1.82. The van der Waals surface area contributed by atoms with E-state index in [0.717, 1.165) is 6.07 Å². The molecule has 2 rings (SSSR count). The number of carbonyl (C=O) groups excluding carboxylic acids is 2. The molecule has 23 heavy (non-hydrogen) atoms. The summed E-state index contributed by atoms with van der Waals surface area (Å²) in [6, 6.07) is 11.5. The van der Waals surface area contributed by atoms with Crippen LogP contribution in [0.15, 0.2) is 48.5 Å². The molecule has 0 unspecified atom stereocenters. The molecule has 0 aliphatic rings. The molecule has 0 saturated carbocycles. The van der Waals surface area contributed by atoms with Gasteiger partial charge in [0.25, 0.3) is 11.6 Å². The number of nitro benzene ring substituents is 1. The van der Waals surface area contributed by atoms with Crippen LogP contribution < -0.4 is 5.32 Å². The van der Waals surface area contributed by atoms with E-state index in [9.17, 15) is 19.7 Å². The van der Waals surface area contributed by atoms with Crippen molar-refractivity contribution in [2.75, 3.05) is 11.9 Å². The molecule has 0 atom stereocenters. The molecule has 0 saturated heterocycles. The van der Waals surface area contributed by atoms with Crippen LogP contribution in [-0.4, -0.2) is 23.4 Å². The van der Waals surface area contributed by atoms with E-state index in [4.69, 9.17) is 16.3 Å². The lowest BCUT2D eigenvalue weighted by atomic mass is 10.2. The maximum absolute atomic E-state index is 11.8. The second-order valence-corrected chi connectivity index (χ2v) is 4.88. The maximum Gasteiger partial charge on any atom is 0.338 e. The van der Waals surface area contributed by atoms with Gasteiger partial charge in [0.1, 0.15) is 0 Å². The first-order valence-corrected chi connectivity index (χ1v) is 6.80. The number of rotatable bonds is 5. The zero-order chi connectivity index (χ0) is 16.8. The molecule has 0 heterocycles. The lowest BCUT2D eigenvalue weighted by Crippen LogP contribution is -2.20. The van der Waals surface area contributed by atoms with Gasteiger partial charge < -0.3 is 10.1 Å². The first-order valence-electron chi connectivity index (χ1n) is 6.43. The van der Waals surface area contributed by atoms with Crippen molar-refractivity contribution in [2.45, 2.75) is 0 Å². The standard InChI is InChI=1S/C15H11ClN2O5/c16-11-4-6-12(7-5-11)17-14(19)9-23-15(20)10-2-1-3-13(8-10)18(21)22/h1-8H,9H2,(H,17,19). The van der Waals surface area contributed by atoms with Crippen molar-refractivity contribution >= 4 is 34.9 Å². The number of carbonyl (C=O) groups is 2. The number of anilines is 1. The van der Waals surface area contributed by atoms with Crippen molar-refractivity contribution < 1.29 is 19.2 Å². The number of esters is 1. The van der Waals surface area contributed by atoms with Gasteiger partial charge >= 0.3 is 5.97 Å². The van der Waals surface area contributed by atoms with Gasteiger partial charge in [-0.15, -0.1) is 0 Å². The first kappa shape index (κ1) is 16.4. The second kappa shape index (κ2) is 7.37. The third-order valence-corrected chi connectivity index (χ3v) is 3.01. The summed E-state index contributed by atoms with van der Waals surface area (Å²) in [6.45, 7) is -0.510. The molecule has 0 bridgehead atoms. The van der Waals surface area contributed by atoms with Crippen LogP contribution in [0.4, 0.5) is 11.4 Å². The molecular weight excluding hydrogens is 324 g/mol. The average molecular weight is 335 g/mol. The van der Waals surface area contributed by atoms with Gasteiger partial charge in [-0.2, -0.15) is 0 Å². The molecule has 0 aliphatic heterocycles. The number of non-ortho nitro benzene ring substituents is 1. The maximum atomic E-state index is 11.8. The van der Waals surface area contributed by atoms with Crippen molar-refractivity contribution in [1.29, 1.82) is 0 Å². The highest BCUT2D eigenvalue weighted by Gasteiger charge is 2.14. The van der Waals surface area contributed by atoms with Crippen LogP contribution in [0.1, 0.15) is 10.4 Å². The molecule has 1 amide bonds. The average Bonchev–Trinajstić information content (AvgIpc) is 2.55. The Hall–Kier alpha value is -2.93. The smallest absolute Gasteiger partial charge is 0.338 e. The monoisotopic (exact) mass is 334 g/mol. The fraction of sp³-hybridized carbons (Fsp3) is 0.0667. The van der Waals surface area contributed by atoms with E-state index in [1.807, 2.05) is 0 Å². The molecule has 0 radical (unpaired) electrons. The van der Waals surface area contributed by atoms with Crippen molar-refractivity contribution in [2.24, 2.45) is 0 Å². The summed E-state index contributed by atoms with van der Waals surface area (Å²) in [5, 5.41) is 13.7. The van der Waals surface area contributed by atoms with Crippen molar-refractivity contribution in [1.82, 2.24) is 0 Å². The van der Waals surface area contributed by atoms with Crippen molar-refractivity contribution in [3.05, 3.63) is 69.2 Å². The number of nitrogens with zero attached hydrogens (tertiary/aromatic N) is 1. The third-order valence-electron chi connectivity index (χ3n) is 2.76. The number of halogens is 1. The zero-order valence-corrected chi connectivity index (χ0v) is 12.4. The fourth-order valence-electron chi connectivity index (χ4n) is 1.69. The van der Waals surface area contributed by atoms with Gasteiger partial charge in [0, 0.05) is 22.8 Å². The van der Waals surface area contributed by atoms with Crippen LogP contribution in [0.3, 0.4) is 0 Å². The summed E-state index contributed by atoms with van der Waals surface area (Å²) in [6.07, 6.45) is 0. The summed E-state index contributed by atoms with van der Waals surface area (Å²) in [4.78, 5) is 33.5. The minimum absolute atomic E-state index is 0.00140. The van der Waals surface area contributed by atoms with Crippen molar-refractivity contribution in [3.63, 3.8) is 0 Å². The molecule has 0 fully saturated rings. The molecule has 2 aromatic rings. The Morgan fingerprint density at radius 1 is 1.17 bits per heavy atom. The lowest BCUT2D eigenvalue weighted by molar-refractivity contribution is -0.384. The lowest BCUT2D eigenvalue weighted by Gasteiger charge is -2.06. The molecule has 0 aromatic heterocycles. The minimum atomic E-state index is -0.819. The zero-order valence-electron chi connectivity index (χ0n) is 11.7. The van der Waals surface area contributed by atoms with Crippen LogP contribution >= 0.6 is 11.6 Å². The number of hydrogen-bond donors (Lipinski definition) is 1. The molecule has 118 valence electrons. The van der Waals surface area contributed by atoms with Crippen LogP contribution in [0, 0.1) is 10.1 Å². The topological polar surface area (TPSA) is 98.5 Å². The summed E-state index contributed by atoms with van der Waals surface area (Å²) in [5.41, 5.74) is 0.273. The Morgan fingerprint density at radius 3 is 2.52 bits per heavy atom. The number of nitro groups is 1. The van der Waals surface area contributed by atoms with E-state index < -0.39 is 23.4 Å². The summed E-state index contributed by atoms with van der Waals surface area (Å²) in [5.74, 6) is -1.36. The summed E-state index contributed by atoms with van der Waals surface area (Å²) < 4.78 is 4.82. The predicted molar refractivity (Wildman–Crippen MR) is 83.5 cm³/mol. The summed E-state index contributed by atoms with van der Waals surface area (Å²) >= 11 is 5.72. The quantitative estimate of drug-likeness (QED) is 0.514. The predicted octanol–water partition coefficient (Wildman–Crippen LogP) is 3.04. The van der Waals surface area contributed by atoms with E-state index in [1.165, 1.54) is 18.2 Å². The van der Waals surface area contributed by atoms with Gasteiger partial charge in [0.2, 0.25) is 0 Å². The van der Waals surface area contributed by atoms with Crippen LogP contribution in [0.2, 0.25) is 5.02 Å². The van der Waals surface area contributed by atoms with E-state index >= 15 is 0 Å². The minimum Gasteiger partial charge on any atom is -0.452 e. The number of benzene rings is 2. The molecule has 7 nitrogen and oxygen atoms in total. The largest absolute Gasteiger partial charge is 0.452 e. The van der Waals surface area contributed by atoms with Gasteiger partial charge in [-0.1, -0.05) is 17.7 Å². The van der Waals surface area contributed by atoms with Crippen LogP contribution in [0.25, 0.3) is 0 Å². The number of hydrogen-bond acceptors (Lipinski definition) is 5. The SMILES string of the molecule is O=C(COC(=O)c1cccc([N+](=O)[O-])c1)Nc1ccc(Cl)cc1. The Morgan fingerprint density at radius 2 is 1.87 bits per heavy atom. The van der Waals surface area contributed by atoms with E-state index in [2.05, 4.69) is 5.32 Å². The van der Waals surface area contributed by atoms with Gasteiger partial charge in [-0.25, -0.2) is 4.79 Å². The highest BCUT2D eigenvalue weighted by molar-refractivity contribution is 6.30. The second-order valence-electron chi connectivity index (χ2n) is 4.44. The van der Waals surface area contributed by atoms with E-state index in [-0.39, 0.29) is 11.3 Å². The van der Waals surface area contributed by atoms with Gasteiger partial charge in [0.05, 0.1) is 10.5 Å². The Balaban J connectivity index is 1.91. The normalized spacial score (nSPS) is 9.96. The molecule has 8 heteroatoms. The number of ether oxygens (including phenoxy) is 1. The molecular formula is C15H11ClN2O5.